The molecule has 0 aliphatic carbocycles. The van der Waals surface area contributed by atoms with Crippen LogP contribution in [0.15, 0.2) is 36.4 Å². The Balaban J connectivity index is 2.03. The molecule has 0 saturated carbocycles. The molecule has 0 bridgehead atoms. The van der Waals surface area contributed by atoms with Crippen LogP contribution in [0.3, 0.4) is 0 Å². The summed E-state index contributed by atoms with van der Waals surface area (Å²) in [6.45, 7) is 0. The maximum Gasteiger partial charge on any atom is 0.340 e. The number of hydrogen-bond acceptors (Lipinski definition) is 4. The van der Waals surface area contributed by atoms with Gasteiger partial charge in [-0.15, -0.1) is 0 Å². The van der Waals surface area contributed by atoms with E-state index in [4.69, 9.17) is 4.74 Å². The minimum absolute atomic E-state index is 0.0940. The quantitative estimate of drug-likeness (QED) is 0.813. The van der Waals surface area contributed by atoms with Crippen LogP contribution >= 0.6 is 0 Å². The number of benzene rings is 2. The molecule has 0 radical (unpaired) electrons. The van der Waals surface area contributed by atoms with Gasteiger partial charge in [0.2, 0.25) is 5.91 Å². The summed E-state index contributed by atoms with van der Waals surface area (Å²) in [5, 5.41) is 2.34. The summed E-state index contributed by atoms with van der Waals surface area (Å²) in [6, 6.07) is 8.64. The first kappa shape index (κ1) is 18.4. The number of carbonyl (C=O) groups excluding carboxylic acids is 2. The van der Waals surface area contributed by atoms with Crippen molar-refractivity contribution in [3.63, 3.8) is 0 Å². The van der Waals surface area contributed by atoms with Gasteiger partial charge in [-0.25, -0.2) is 13.6 Å². The molecule has 0 aliphatic rings. The second-order valence-corrected chi connectivity index (χ2v) is 5.20. The Kier molecular flexibility index (Phi) is 6.05. The molecule has 0 aromatic heterocycles. The SMILES string of the molecule is COC(=O)c1cc(NC(=O)CCc2ccc(OC)cc2)c(F)cc1F. The number of anilines is 1. The summed E-state index contributed by atoms with van der Waals surface area (Å²) in [7, 11) is 2.64. The van der Waals surface area contributed by atoms with Crippen molar-refractivity contribution in [2.45, 2.75) is 12.8 Å². The van der Waals surface area contributed by atoms with Crippen LogP contribution in [0.1, 0.15) is 22.3 Å². The van der Waals surface area contributed by atoms with E-state index in [1.54, 1.807) is 19.2 Å². The van der Waals surface area contributed by atoms with Gasteiger partial charge < -0.3 is 14.8 Å². The van der Waals surface area contributed by atoms with Crippen LogP contribution in [0.4, 0.5) is 14.5 Å². The fraction of sp³-hybridized carbons (Fsp3) is 0.222. The van der Waals surface area contributed by atoms with Gasteiger partial charge in [0.25, 0.3) is 0 Å². The molecule has 7 heteroatoms. The number of aryl methyl sites for hydroxylation is 1. The molecule has 132 valence electrons. The fourth-order valence-electron chi connectivity index (χ4n) is 2.17. The largest absolute Gasteiger partial charge is 0.497 e. The number of methoxy groups -OCH3 is 2. The first-order valence-electron chi connectivity index (χ1n) is 7.44. The van der Waals surface area contributed by atoms with Crippen molar-refractivity contribution in [2.24, 2.45) is 0 Å². The molecule has 0 heterocycles. The molecule has 0 atom stereocenters. The van der Waals surface area contributed by atoms with Gasteiger partial charge in [0, 0.05) is 12.5 Å². The van der Waals surface area contributed by atoms with Crippen molar-refractivity contribution in [1.29, 1.82) is 0 Å². The Bertz CT molecular complexity index is 775. The van der Waals surface area contributed by atoms with E-state index in [0.717, 1.165) is 18.7 Å². The number of ether oxygens (including phenoxy) is 2. The third-order valence-corrected chi connectivity index (χ3v) is 3.54. The molecule has 0 fully saturated rings. The van der Waals surface area contributed by atoms with Crippen LogP contribution in [0.2, 0.25) is 0 Å². The van der Waals surface area contributed by atoms with Gasteiger partial charge in [-0.1, -0.05) is 12.1 Å². The van der Waals surface area contributed by atoms with Crippen LogP contribution in [0.5, 0.6) is 5.75 Å². The number of nitrogens with one attached hydrogen (secondary N) is 1. The topological polar surface area (TPSA) is 64.6 Å². The molecular formula is C18H17F2NO4. The normalized spacial score (nSPS) is 10.2. The number of esters is 1. The van der Waals surface area contributed by atoms with E-state index in [1.807, 2.05) is 12.1 Å². The van der Waals surface area contributed by atoms with E-state index in [2.05, 4.69) is 10.1 Å². The third kappa shape index (κ3) is 4.76. The zero-order valence-corrected chi connectivity index (χ0v) is 13.8. The fourth-order valence-corrected chi connectivity index (χ4v) is 2.17. The van der Waals surface area contributed by atoms with E-state index in [0.29, 0.717) is 18.2 Å². The van der Waals surface area contributed by atoms with Crippen molar-refractivity contribution in [3.8, 4) is 5.75 Å². The van der Waals surface area contributed by atoms with Gasteiger partial charge in [-0.2, -0.15) is 0 Å². The summed E-state index contributed by atoms with van der Waals surface area (Å²) < 4.78 is 36.8. The molecule has 1 N–H and O–H groups in total. The predicted molar refractivity (Wildman–Crippen MR) is 87.6 cm³/mol. The lowest BCUT2D eigenvalue weighted by atomic mass is 10.1. The van der Waals surface area contributed by atoms with Gasteiger partial charge in [0.05, 0.1) is 25.5 Å². The van der Waals surface area contributed by atoms with Gasteiger partial charge >= 0.3 is 5.97 Å². The Morgan fingerprint density at radius 3 is 2.32 bits per heavy atom. The zero-order chi connectivity index (χ0) is 18.4. The van der Waals surface area contributed by atoms with Crippen LogP contribution in [0.25, 0.3) is 0 Å². The lowest BCUT2D eigenvalue weighted by Crippen LogP contribution is -2.15. The molecule has 2 aromatic carbocycles. The Hall–Kier alpha value is -2.96. The van der Waals surface area contributed by atoms with Crippen LogP contribution in [0, 0.1) is 11.6 Å². The van der Waals surface area contributed by atoms with E-state index in [9.17, 15) is 18.4 Å². The van der Waals surface area contributed by atoms with Crippen LogP contribution < -0.4 is 10.1 Å². The standard InChI is InChI=1S/C18H17F2NO4/c1-24-12-6-3-11(4-7-12)5-8-17(22)21-16-9-13(18(23)25-2)14(19)10-15(16)20/h3-4,6-7,9-10H,5,8H2,1-2H3,(H,21,22). The molecule has 1 amide bonds. The Morgan fingerprint density at radius 1 is 1.04 bits per heavy atom. The third-order valence-electron chi connectivity index (χ3n) is 3.54. The van der Waals surface area contributed by atoms with Crippen LogP contribution in [-0.4, -0.2) is 26.1 Å². The second-order valence-electron chi connectivity index (χ2n) is 5.20. The van der Waals surface area contributed by atoms with E-state index in [-0.39, 0.29) is 12.1 Å². The van der Waals surface area contributed by atoms with Crippen molar-refractivity contribution >= 4 is 17.6 Å². The van der Waals surface area contributed by atoms with Crippen LogP contribution in [-0.2, 0) is 16.0 Å². The van der Waals surface area contributed by atoms with Crippen molar-refractivity contribution in [2.75, 3.05) is 19.5 Å². The molecule has 0 spiro atoms. The Labute approximate surface area is 143 Å². The van der Waals surface area contributed by atoms with E-state index < -0.39 is 29.1 Å². The van der Waals surface area contributed by atoms with Crippen molar-refractivity contribution < 1.29 is 27.8 Å². The number of amides is 1. The first-order chi connectivity index (χ1) is 11.9. The number of carbonyl (C=O) groups is 2. The summed E-state index contributed by atoms with van der Waals surface area (Å²) in [5.41, 5.74) is 0.182. The molecule has 0 aliphatic heterocycles. The highest BCUT2D eigenvalue weighted by molar-refractivity contribution is 5.94. The van der Waals surface area contributed by atoms with Crippen molar-refractivity contribution in [3.05, 3.63) is 59.2 Å². The summed E-state index contributed by atoms with van der Waals surface area (Å²) in [6.07, 6.45) is 0.527. The van der Waals surface area contributed by atoms with Crippen molar-refractivity contribution in [1.82, 2.24) is 0 Å². The minimum Gasteiger partial charge on any atom is -0.497 e. The monoisotopic (exact) mass is 349 g/mol. The maximum atomic E-state index is 13.8. The highest BCUT2D eigenvalue weighted by atomic mass is 19.1. The highest BCUT2D eigenvalue weighted by Crippen LogP contribution is 2.21. The lowest BCUT2D eigenvalue weighted by Gasteiger charge is -2.09. The maximum absolute atomic E-state index is 13.8. The number of rotatable bonds is 6. The molecule has 0 saturated heterocycles. The van der Waals surface area contributed by atoms with E-state index >= 15 is 0 Å². The molecular weight excluding hydrogens is 332 g/mol. The van der Waals surface area contributed by atoms with Gasteiger partial charge in [-0.3, -0.25) is 4.79 Å². The average molecular weight is 349 g/mol. The Morgan fingerprint density at radius 2 is 1.72 bits per heavy atom. The second kappa shape index (κ2) is 8.23. The molecule has 2 aromatic rings. The molecule has 0 unspecified atom stereocenters. The smallest absolute Gasteiger partial charge is 0.340 e. The van der Waals surface area contributed by atoms with Gasteiger partial charge in [-0.05, 0) is 30.2 Å². The molecule has 2 rings (SSSR count). The summed E-state index contributed by atoms with van der Waals surface area (Å²) in [5.74, 6) is -2.73. The zero-order valence-electron chi connectivity index (χ0n) is 13.8. The van der Waals surface area contributed by atoms with Gasteiger partial charge in [0.1, 0.15) is 17.4 Å². The average Bonchev–Trinajstić information content (AvgIpc) is 2.62. The molecule has 25 heavy (non-hydrogen) atoms. The summed E-state index contributed by atoms with van der Waals surface area (Å²) >= 11 is 0. The lowest BCUT2D eigenvalue weighted by molar-refractivity contribution is -0.116. The van der Waals surface area contributed by atoms with E-state index in [1.165, 1.54) is 0 Å². The number of halogens is 2. The first-order valence-corrected chi connectivity index (χ1v) is 7.44. The van der Waals surface area contributed by atoms with Gasteiger partial charge in [0.15, 0.2) is 0 Å². The molecule has 5 nitrogen and oxygen atoms in total. The predicted octanol–water partition coefficient (Wildman–Crippen LogP) is 3.33. The highest BCUT2D eigenvalue weighted by Gasteiger charge is 2.17. The minimum atomic E-state index is -1.06. The number of hydrogen-bond donors (Lipinski definition) is 1. The summed E-state index contributed by atoms with van der Waals surface area (Å²) in [4.78, 5) is 23.4.